The fourth-order valence-electron chi connectivity index (χ4n) is 3.39. The number of carbonyl (C=O) groups is 2. The monoisotopic (exact) mass is 515 g/mol. The number of nitrogens with one attached hydrogen (secondary N) is 2. The molecule has 3 rings (SSSR count). The summed E-state index contributed by atoms with van der Waals surface area (Å²) in [5, 5.41) is 11.3. The zero-order valence-corrected chi connectivity index (χ0v) is 22.1. The van der Waals surface area contributed by atoms with Crippen LogP contribution in [0.25, 0.3) is 5.69 Å². The molecule has 0 spiro atoms. The van der Waals surface area contributed by atoms with Crippen molar-refractivity contribution in [1.82, 2.24) is 14.7 Å². The lowest BCUT2D eigenvalue weighted by Crippen LogP contribution is -2.42. The van der Waals surface area contributed by atoms with Gasteiger partial charge in [-0.1, -0.05) is 76.0 Å². The molecule has 1 heterocycles. The van der Waals surface area contributed by atoms with E-state index in [-0.39, 0.29) is 29.8 Å². The Morgan fingerprint density at radius 3 is 2.29 bits per heavy atom. The van der Waals surface area contributed by atoms with E-state index in [2.05, 4.69) is 10.6 Å². The van der Waals surface area contributed by atoms with Crippen molar-refractivity contribution in [1.29, 1.82) is 0 Å². The Morgan fingerprint density at radius 2 is 1.69 bits per heavy atom. The van der Waals surface area contributed by atoms with Crippen molar-refractivity contribution in [2.75, 3.05) is 23.7 Å². The van der Waals surface area contributed by atoms with Gasteiger partial charge in [-0.2, -0.15) is 5.10 Å². The third kappa shape index (κ3) is 7.23. The SMILES string of the molecule is CC(C)CN(CC(=O)Nc1cc(C(C)(C)C)nn1-c1ccc(Cl)c(Cl)c1)C(=O)Nc1ccccc1. The first-order chi connectivity index (χ1) is 16.4. The highest BCUT2D eigenvalue weighted by atomic mass is 35.5. The van der Waals surface area contributed by atoms with E-state index in [1.54, 1.807) is 35.0 Å². The van der Waals surface area contributed by atoms with Crippen molar-refractivity contribution in [3.8, 4) is 5.69 Å². The molecule has 0 saturated heterocycles. The van der Waals surface area contributed by atoms with Crippen molar-refractivity contribution in [2.45, 2.75) is 40.0 Å². The van der Waals surface area contributed by atoms with Crippen molar-refractivity contribution in [3.05, 3.63) is 70.3 Å². The Labute approximate surface area is 216 Å². The van der Waals surface area contributed by atoms with Crippen LogP contribution in [-0.4, -0.2) is 39.7 Å². The number of nitrogens with zero attached hydrogens (tertiary/aromatic N) is 3. The minimum Gasteiger partial charge on any atom is -0.315 e. The molecule has 0 aliphatic heterocycles. The topological polar surface area (TPSA) is 79.3 Å². The zero-order valence-electron chi connectivity index (χ0n) is 20.6. The normalized spacial score (nSPS) is 11.4. The molecule has 0 aliphatic carbocycles. The Hall–Kier alpha value is -3.03. The van der Waals surface area contributed by atoms with Crippen LogP contribution in [0.1, 0.15) is 40.3 Å². The highest BCUT2D eigenvalue weighted by molar-refractivity contribution is 6.42. The van der Waals surface area contributed by atoms with Gasteiger partial charge in [0.15, 0.2) is 0 Å². The molecule has 0 saturated carbocycles. The first-order valence-corrected chi connectivity index (χ1v) is 12.2. The van der Waals surface area contributed by atoms with E-state index in [1.165, 1.54) is 4.90 Å². The first kappa shape index (κ1) is 26.6. The first-order valence-electron chi connectivity index (χ1n) is 11.4. The maximum absolute atomic E-state index is 13.1. The van der Waals surface area contributed by atoms with Crippen molar-refractivity contribution >= 4 is 46.6 Å². The van der Waals surface area contributed by atoms with E-state index in [0.29, 0.717) is 33.8 Å². The molecule has 3 amide bonds. The number of halogens is 2. The minimum atomic E-state index is -0.339. The maximum Gasteiger partial charge on any atom is 0.322 e. The van der Waals surface area contributed by atoms with Gasteiger partial charge in [0.1, 0.15) is 12.4 Å². The molecular weight excluding hydrogens is 485 g/mol. The van der Waals surface area contributed by atoms with Crippen molar-refractivity contribution in [3.63, 3.8) is 0 Å². The molecule has 2 N–H and O–H groups in total. The standard InChI is InChI=1S/C26H31Cl2N5O2/c1-17(2)15-32(25(35)29-18-9-7-6-8-10-18)16-24(34)30-23-14-22(26(3,4)5)31-33(23)19-11-12-20(27)21(28)13-19/h6-14,17H,15-16H2,1-5H3,(H,29,35)(H,30,34). The molecule has 9 heteroatoms. The van der Waals surface area contributed by atoms with Gasteiger partial charge in [0.05, 0.1) is 21.4 Å². The van der Waals surface area contributed by atoms with Crippen molar-refractivity contribution < 1.29 is 9.59 Å². The molecule has 0 bridgehead atoms. The minimum absolute atomic E-state index is 0.117. The molecule has 0 radical (unpaired) electrons. The van der Waals surface area contributed by atoms with E-state index >= 15 is 0 Å². The average Bonchev–Trinajstić information content (AvgIpc) is 3.19. The Bertz CT molecular complexity index is 1190. The molecule has 35 heavy (non-hydrogen) atoms. The highest BCUT2D eigenvalue weighted by Gasteiger charge is 2.24. The highest BCUT2D eigenvalue weighted by Crippen LogP contribution is 2.29. The molecular formula is C26H31Cl2N5O2. The van der Waals surface area contributed by atoms with Gasteiger partial charge in [-0.05, 0) is 36.2 Å². The predicted molar refractivity (Wildman–Crippen MR) is 143 cm³/mol. The quantitative estimate of drug-likeness (QED) is 0.371. The number of carbonyl (C=O) groups excluding carboxylic acids is 2. The van der Waals surface area contributed by atoms with Gasteiger partial charge >= 0.3 is 6.03 Å². The third-order valence-corrected chi connectivity index (χ3v) is 5.86. The lowest BCUT2D eigenvalue weighted by atomic mass is 9.92. The Morgan fingerprint density at radius 1 is 1.00 bits per heavy atom. The van der Waals surface area contributed by atoms with E-state index in [1.807, 2.05) is 58.9 Å². The van der Waals surface area contributed by atoms with Gasteiger partial charge in [0.2, 0.25) is 5.91 Å². The summed E-state index contributed by atoms with van der Waals surface area (Å²) in [5.74, 6) is 0.320. The summed E-state index contributed by atoms with van der Waals surface area (Å²) in [6, 6.07) is 15.8. The van der Waals surface area contributed by atoms with E-state index in [4.69, 9.17) is 28.3 Å². The van der Waals surface area contributed by atoms with Crippen LogP contribution >= 0.6 is 23.2 Å². The molecule has 1 aromatic heterocycles. The summed E-state index contributed by atoms with van der Waals surface area (Å²) in [7, 11) is 0. The molecule has 3 aromatic rings. The van der Waals surface area contributed by atoms with Gasteiger partial charge in [-0.3, -0.25) is 4.79 Å². The second-order valence-electron chi connectivity index (χ2n) is 9.79. The Kier molecular flexibility index (Phi) is 8.46. The summed E-state index contributed by atoms with van der Waals surface area (Å²) < 4.78 is 1.62. The number of aromatic nitrogens is 2. The number of rotatable bonds is 7. The van der Waals surface area contributed by atoms with Crippen LogP contribution in [-0.2, 0) is 10.2 Å². The van der Waals surface area contributed by atoms with E-state index in [0.717, 1.165) is 5.69 Å². The summed E-state index contributed by atoms with van der Waals surface area (Å²) in [5.41, 5.74) is 1.87. The van der Waals surface area contributed by atoms with Crippen LogP contribution in [0.5, 0.6) is 0 Å². The smallest absolute Gasteiger partial charge is 0.315 e. The predicted octanol–water partition coefficient (Wildman–Crippen LogP) is 6.61. The van der Waals surface area contributed by atoms with E-state index in [9.17, 15) is 9.59 Å². The van der Waals surface area contributed by atoms with E-state index < -0.39 is 0 Å². The van der Waals surface area contributed by atoms with Gasteiger partial charge < -0.3 is 15.5 Å². The number of anilines is 2. The number of hydrogen-bond donors (Lipinski definition) is 2. The number of para-hydroxylation sites is 1. The lowest BCUT2D eigenvalue weighted by molar-refractivity contribution is -0.116. The fourth-order valence-corrected chi connectivity index (χ4v) is 3.68. The molecule has 0 unspecified atom stereocenters. The van der Waals surface area contributed by atoms with Crippen LogP contribution in [0, 0.1) is 5.92 Å². The van der Waals surface area contributed by atoms with Gasteiger partial charge in [0.25, 0.3) is 0 Å². The number of urea groups is 1. The van der Waals surface area contributed by atoms with Gasteiger partial charge in [-0.25, -0.2) is 9.48 Å². The number of amides is 3. The van der Waals surface area contributed by atoms with Crippen LogP contribution in [0.3, 0.4) is 0 Å². The zero-order chi connectivity index (χ0) is 25.8. The summed E-state index contributed by atoms with van der Waals surface area (Å²) in [6.07, 6.45) is 0. The van der Waals surface area contributed by atoms with Crippen LogP contribution < -0.4 is 10.6 Å². The van der Waals surface area contributed by atoms with Crippen LogP contribution in [0.2, 0.25) is 10.0 Å². The molecule has 0 atom stereocenters. The largest absolute Gasteiger partial charge is 0.322 e. The third-order valence-electron chi connectivity index (χ3n) is 5.13. The van der Waals surface area contributed by atoms with Gasteiger partial charge in [-0.15, -0.1) is 0 Å². The second kappa shape index (κ2) is 11.1. The summed E-state index contributed by atoms with van der Waals surface area (Å²) in [6.45, 7) is 10.4. The molecule has 0 aliphatic rings. The molecule has 186 valence electrons. The number of benzene rings is 2. The lowest BCUT2D eigenvalue weighted by Gasteiger charge is -2.24. The van der Waals surface area contributed by atoms with Crippen LogP contribution in [0.4, 0.5) is 16.3 Å². The molecule has 0 fully saturated rings. The summed E-state index contributed by atoms with van der Waals surface area (Å²) in [4.78, 5) is 27.5. The number of hydrogen-bond acceptors (Lipinski definition) is 3. The van der Waals surface area contributed by atoms with Gasteiger partial charge in [0, 0.05) is 23.7 Å². The molecule has 2 aromatic carbocycles. The fraction of sp³-hybridized carbons (Fsp3) is 0.346. The molecule has 7 nitrogen and oxygen atoms in total. The Balaban J connectivity index is 1.84. The van der Waals surface area contributed by atoms with Crippen molar-refractivity contribution in [2.24, 2.45) is 5.92 Å². The maximum atomic E-state index is 13.1. The van der Waals surface area contributed by atoms with Crippen LogP contribution in [0.15, 0.2) is 54.6 Å². The summed E-state index contributed by atoms with van der Waals surface area (Å²) >= 11 is 12.3. The second-order valence-corrected chi connectivity index (χ2v) is 10.6. The average molecular weight is 516 g/mol.